The molecule has 1 aromatic carbocycles. The van der Waals surface area contributed by atoms with Gasteiger partial charge in [0.1, 0.15) is 6.54 Å². The molecular formula is C20H26N2O4. The highest BCUT2D eigenvalue weighted by Crippen LogP contribution is 2.36. The molecule has 1 atom stereocenters. The molecule has 0 fully saturated rings. The molecule has 0 saturated heterocycles. The third kappa shape index (κ3) is 4.50. The zero-order valence-electron chi connectivity index (χ0n) is 15.7. The molecule has 2 rings (SSSR count). The summed E-state index contributed by atoms with van der Waals surface area (Å²) >= 11 is 0. The summed E-state index contributed by atoms with van der Waals surface area (Å²) in [5.74, 6) is -1.25. The van der Waals surface area contributed by atoms with E-state index in [0.717, 1.165) is 5.56 Å². The number of nitrogens with one attached hydrogen (secondary N) is 1. The van der Waals surface area contributed by atoms with Gasteiger partial charge in [-0.1, -0.05) is 30.3 Å². The average molecular weight is 358 g/mol. The fourth-order valence-corrected chi connectivity index (χ4v) is 3.16. The van der Waals surface area contributed by atoms with E-state index in [1.807, 2.05) is 44.2 Å². The number of carbonyl (C=O) groups is 3. The average Bonchev–Trinajstić information content (AvgIpc) is 2.58. The molecule has 1 aliphatic rings. The van der Waals surface area contributed by atoms with Gasteiger partial charge in [0.15, 0.2) is 0 Å². The van der Waals surface area contributed by atoms with Crippen LogP contribution in [-0.2, 0) is 19.1 Å². The summed E-state index contributed by atoms with van der Waals surface area (Å²) in [6, 6.07) is 9.41. The van der Waals surface area contributed by atoms with E-state index in [1.165, 1.54) is 4.90 Å². The molecule has 6 heteroatoms. The van der Waals surface area contributed by atoms with Gasteiger partial charge in [-0.25, -0.2) is 4.79 Å². The molecule has 1 aliphatic heterocycles. The number of allylic oxidation sites excluding steroid dienone is 1. The van der Waals surface area contributed by atoms with Crippen LogP contribution >= 0.6 is 0 Å². The summed E-state index contributed by atoms with van der Waals surface area (Å²) in [5.41, 5.74) is 1.80. The summed E-state index contributed by atoms with van der Waals surface area (Å²) in [6.45, 7) is 7.30. The van der Waals surface area contributed by atoms with E-state index in [2.05, 4.69) is 5.32 Å². The van der Waals surface area contributed by atoms with Crippen LogP contribution < -0.4 is 5.32 Å². The largest absolute Gasteiger partial charge is 0.463 e. The quantitative estimate of drug-likeness (QED) is 0.792. The Morgan fingerprint density at radius 1 is 1.27 bits per heavy atom. The fourth-order valence-electron chi connectivity index (χ4n) is 3.16. The van der Waals surface area contributed by atoms with Gasteiger partial charge in [0.2, 0.25) is 11.8 Å². The number of benzene rings is 1. The Morgan fingerprint density at radius 2 is 1.92 bits per heavy atom. The second-order valence-corrected chi connectivity index (χ2v) is 6.59. The van der Waals surface area contributed by atoms with Crippen molar-refractivity contribution in [2.45, 2.75) is 46.1 Å². The number of esters is 1. The zero-order valence-corrected chi connectivity index (χ0v) is 15.7. The van der Waals surface area contributed by atoms with Gasteiger partial charge in [-0.3, -0.25) is 9.59 Å². The van der Waals surface area contributed by atoms with Crippen molar-refractivity contribution in [3.63, 3.8) is 0 Å². The second-order valence-electron chi connectivity index (χ2n) is 6.59. The Balaban J connectivity index is 2.40. The Hall–Kier alpha value is -2.63. The maximum absolute atomic E-state index is 12.7. The molecule has 0 saturated carbocycles. The van der Waals surface area contributed by atoms with E-state index in [9.17, 15) is 14.4 Å². The lowest BCUT2D eigenvalue weighted by Gasteiger charge is -2.34. The van der Waals surface area contributed by atoms with Gasteiger partial charge in [-0.2, -0.15) is 0 Å². The number of nitrogens with zero attached hydrogens (tertiary/aromatic N) is 1. The van der Waals surface area contributed by atoms with Crippen molar-refractivity contribution in [3.8, 4) is 0 Å². The van der Waals surface area contributed by atoms with Crippen LogP contribution in [-0.4, -0.2) is 41.9 Å². The highest BCUT2D eigenvalue weighted by Gasteiger charge is 2.37. The lowest BCUT2D eigenvalue weighted by atomic mass is 9.83. The molecule has 1 heterocycles. The van der Waals surface area contributed by atoms with Crippen molar-refractivity contribution < 1.29 is 19.1 Å². The Labute approximate surface area is 154 Å². The van der Waals surface area contributed by atoms with Crippen molar-refractivity contribution in [3.05, 3.63) is 47.2 Å². The molecule has 0 radical (unpaired) electrons. The monoisotopic (exact) mass is 358 g/mol. The number of ether oxygens (including phenoxy) is 1. The first-order valence-electron chi connectivity index (χ1n) is 8.87. The number of hydrogen-bond acceptors (Lipinski definition) is 4. The summed E-state index contributed by atoms with van der Waals surface area (Å²) in [5, 5.41) is 2.77. The van der Waals surface area contributed by atoms with E-state index < -0.39 is 5.97 Å². The predicted octanol–water partition coefficient (Wildman–Crippen LogP) is 2.36. The molecule has 140 valence electrons. The minimum absolute atomic E-state index is 0.0201. The molecule has 0 aliphatic carbocycles. The minimum Gasteiger partial charge on any atom is -0.463 e. The molecule has 6 nitrogen and oxygen atoms in total. The minimum atomic E-state index is -0.444. The standard InChI is InChI=1S/C20H26N2O4/c1-5-26-20(25)19-14(4)22(12-17(23)21-13(2)3)18(24)11-16(19)15-9-7-6-8-10-15/h6-10,13,16H,5,11-12H2,1-4H3,(H,21,23). The van der Waals surface area contributed by atoms with E-state index in [4.69, 9.17) is 4.74 Å². The van der Waals surface area contributed by atoms with Gasteiger partial charge in [0, 0.05) is 24.1 Å². The van der Waals surface area contributed by atoms with Crippen molar-refractivity contribution in [2.75, 3.05) is 13.2 Å². The predicted molar refractivity (Wildman–Crippen MR) is 98.1 cm³/mol. The van der Waals surface area contributed by atoms with Gasteiger partial charge in [-0.05, 0) is 33.3 Å². The first-order valence-corrected chi connectivity index (χ1v) is 8.87. The van der Waals surface area contributed by atoms with Crippen molar-refractivity contribution >= 4 is 17.8 Å². The van der Waals surface area contributed by atoms with Gasteiger partial charge in [0.05, 0.1) is 12.2 Å². The molecular weight excluding hydrogens is 332 g/mol. The third-order valence-electron chi connectivity index (χ3n) is 4.27. The molecule has 0 aromatic heterocycles. The summed E-state index contributed by atoms with van der Waals surface area (Å²) in [6.07, 6.45) is 0.129. The molecule has 1 N–H and O–H groups in total. The van der Waals surface area contributed by atoms with Crippen LogP contribution in [0.2, 0.25) is 0 Å². The van der Waals surface area contributed by atoms with Crippen LogP contribution in [0, 0.1) is 0 Å². The van der Waals surface area contributed by atoms with Crippen LogP contribution in [0.1, 0.15) is 45.6 Å². The maximum Gasteiger partial charge on any atom is 0.336 e. The van der Waals surface area contributed by atoms with Gasteiger partial charge in [0.25, 0.3) is 0 Å². The summed E-state index contributed by atoms with van der Waals surface area (Å²) < 4.78 is 5.22. The number of rotatable bonds is 6. The van der Waals surface area contributed by atoms with Gasteiger partial charge in [-0.15, -0.1) is 0 Å². The Bertz CT molecular complexity index is 710. The van der Waals surface area contributed by atoms with Crippen LogP contribution in [0.15, 0.2) is 41.6 Å². The van der Waals surface area contributed by atoms with Crippen LogP contribution in [0.25, 0.3) is 0 Å². The summed E-state index contributed by atoms with van der Waals surface area (Å²) in [7, 11) is 0. The highest BCUT2D eigenvalue weighted by atomic mass is 16.5. The normalized spacial score (nSPS) is 17.5. The van der Waals surface area contributed by atoms with Gasteiger partial charge >= 0.3 is 5.97 Å². The van der Waals surface area contributed by atoms with Crippen molar-refractivity contribution in [2.24, 2.45) is 0 Å². The first kappa shape index (κ1) is 19.7. The smallest absolute Gasteiger partial charge is 0.336 e. The molecule has 1 aromatic rings. The molecule has 2 amide bonds. The van der Waals surface area contributed by atoms with E-state index >= 15 is 0 Å². The van der Waals surface area contributed by atoms with E-state index in [-0.39, 0.29) is 43.3 Å². The van der Waals surface area contributed by atoms with Crippen molar-refractivity contribution in [1.29, 1.82) is 0 Å². The van der Waals surface area contributed by atoms with Crippen LogP contribution in [0.4, 0.5) is 0 Å². The maximum atomic E-state index is 12.7. The number of amides is 2. The number of carbonyl (C=O) groups excluding carboxylic acids is 3. The molecule has 1 unspecified atom stereocenters. The Morgan fingerprint density at radius 3 is 2.50 bits per heavy atom. The second kappa shape index (κ2) is 8.65. The number of hydrogen-bond donors (Lipinski definition) is 1. The molecule has 26 heavy (non-hydrogen) atoms. The van der Waals surface area contributed by atoms with Gasteiger partial charge < -0.3 is 15.0 Å². The van der Waals surface area contributed by atoms with Crippen LogP contribution in [0.3, 0.4) is 0 Å². The summed E-state index contributed by atoms with van der Waals surface area (Å²) in [4.78, 5) is 38.8. The first-order chi connectivity index (χ1) is 12.3. The lowest BCUT2D eigenvalue weighted by Crippen LogP contribution is -2.45. The fraction of sp³-hybridized carbons (Fsp3) is 0.450. The Kier molecular flexibility index (Phi) is 6.55. The topological polar surface area (TPSA) is 75.7 Å². The third-order valence-corrected chi connectivity index (χ3v) is 4.27. The molecule has 0 spiro atoms. The van der Waals surface area contributed by atoms with Crippen LogP contribution in [0.5, 0.6) is 0 Å². The highest BCUT2D eigenvalue weighted by molar-refractivity contribution is 5.97. The lowest BCUT2D eigenvalue weighted by molar-refractivity contribution is -0.141. The molecule has 0 bridgehead atoms. The SMILES string of the molecule is CCOC(=O)C1=C(C)N(CC(=O)NC(C)C)C(=O)CC1c1ccccc1. The van der Waals surface area contributed by atoms with E-state index in [0.29, 0.717) is 11.3 Å². The van der Waals surface area contributed by atoms with E-state index in [1.54, 1.807) is 13.8 Å². The zero-order chi connectivity index (χ0) is 19.3. The van der Waals surface area contributed by atoms with Crippen molar-refractivity contribution in [1.82, 2.24) is 10.2 Å².